The molecule has 2 atom stereocenters. The number of hydrogen-bond acceptors (Lipinski definition) is 5. The van der Waals surface area contributed by atoms with Gasteiger partial charge in [0.15, 0.2) is 0 Å². The molecule has 0 bridgehead atoms. The Morgan fingerprint density at radius 2 is 2.00 bits per heavy atom. The number of nitrogens with one attached hydrogen (secondary N) is 1. The van der Waals surface area contributed by atoms with Gasteiger partial charge < -0.3 is 4.84 Å². The van der Waals surface area contributed by atoms with Gasteiger partial charge in [-0.3, -0.25) is 4.68 Å². The minimum Gasteiger partial charge on any atom is -0.392 e. The molecule has 4 rings (SSSR count). The van der Waals surface area contributed by atoms with Gasteiger partial charge in [0.05, 0.1) is 36.6 Å². The SMILES string of the molecule is CC1=NOC(C)C1Cn1cc(-n2c(=O)[nH]n(Cc3ccccc3)c2=O)cn1. The Bertz CT molecular complexity index is 1090. The number of nitrogens with zero attached hydrogens (tertiary/aromatic N) is 5. The van der Waals surface area contributed by atoms with Gasteiger partial charge in [0.2, 0.25) is 0 Å². The molecule has 1 N–H and O–H groups in total. The predicted molar refractivity (Wildman–Crippen MR) is 99.1 cm³/mol. The Hall–Kier alpha value is -3.36. The number of benzene rings is 1. The summed E-state index contributed by atoms with van der Waals surface area (Å²) in [4.78, 5) is 30.3. The summed E-state index contributed by atoms with van der Waals surface area (Å²) in [5, 5.41) is 10.9. The van der Waals surface area contributed by atoms with Crippen molar-refractivity contribution < 1.29 is 4.84 Å². The summed E-state index contributed by atoms with van der Waals surface area (Å²) < 4.78 is 4.07. The lowest BCUT2D eigenvalue weighted by Gasteiger charge is -2.13. The summed E-state index contributed by atoms with van der Waals surface area (Å²) in [5.74, 6) is 0.107. The minimum atomic E-state index is -0.495. The van der Waals surface area contributed by atoms with Crippen LogP contribution in [-0.2, 0) is 17.9 Å². The second-order valence-corrected chi connectivity index (χ2v) is 6.68. The first-order valence-corrected chi connectivity index (χ1v) is 8.72. The van der Waals surface area contributed by atoms with Crippen LogP contribution in [-0.4, -0.2) is 35.9 Å². The van der Waals surface area contributed by atoms with Crippen LogP contribution >= 0.6 is 0 Å². The second-order valence-electron chi connectivity index (χ2n) is 6.68. The molecule has 9 heteroatoms. The summed E-state index contributed by atoms with van der Waals surface area (Å²) in [6.07, 6.45) is 3.16. The van der Waals surface area contributed by atoms with Crippen molar-refractivity contribution in [3.63, 3.8) is 0 Å². The monoisotopic (exact) mass is 368 g/mol. The Balaban J connectivity index is 1.59. The molecular weight excluding hydrogens is 348 g/mol. The van der Waals surface area contributed by atoms with E-state index in [2.05, 4.69) is 15.4 Å². The van der Waals surface area contributed by atoms with Crippen LogP contribution in [0.1, 0.15) is 19.4 Å². The molecule has 0 spiro atoms. The Labute approximate surface area is 154 Å². The zero-order valence-electron chi connectivity index (χ0n) is 15.1. The van der Waals surface area contributed by atoms with E-state index in [0.29, 0.717) is 18.8 Å². The Morgan fingerprint density at radius 3 is 2.70 bits per heavy atom. The molecule has 0 amide bonds. The van der Waals surface area contributed by atoms with E-state index in [-0.39, 0.29) is 12.0 Å². The van der Waals surface area contributed by atoms with Crippen LogP contribution in [0.2, 0.25) is 0 Å². The van der Waals surface area contributed by atoms with E-state index in [0.717, 1.165) is 15.8 Å². The van der Waals surface area contributed by atoms with Crippen molar-refractivity contribution in [2.75, 3.05) is 0 Å². The van der Waals surface area contributed by atoms with E-state index in [1.54, 1.807) is 10.9 Å². The molecule has 0 saturated heterocycles. The predicted octanol–water partition coefficient (Wildman–Crippen LogP) is 0.983. The third-order valence-electron chi connectivity index (χ3n) is 4.77. The first kappa shape index (κ1) is 17.1. The topological polar surface area (TPSA) is 99.2 Å². The number of aromatic amines is 1. The highest BCUT2D eigenvalue weighted by atomic mass is 16.6. The van der Waals surface area contributed by atoms with Crippen LogP contribution in [0, 0.1) is 5.92 Å². The van der Waals surface area contributed by atoms with Gasteiger partial charge in [0.25, 0.3) is 0 Å². The normalized spacial score (nSPS) is 19.1. The van der Waals surface area contributed by atoms with E-state index in [1.165, 1.54) is 10.9 Å². The quantitative estimate of drug-likeness (QED) is 0.726. The van der Waals surface area contributed by atoms with Gasteiger partial charge in [-0.25, -0.2) is 23.9 Å². The van der Waals surface area contributed by atoms with E-state index >= 15 is 0 Å². The first-order valence-electron chi connectivity index (χ1n) is 8.72. The van der Waals surface area contributed by atoms with Gasteiger partial charge in [0.1, 0.15) is 6.10 Å². The van der Waals surface area contributed by atoms with Crippen molar-refractivity contribution in [3.05, 3.63) is 69.3 Å². The molecule has 1 aliphatic heterocycles. The van der Waals surface area contributed by atoms with Gasteiger partial charge in [-0.15, -0.1) is 0 Å². The van der Waals surface area contributed by atoms with E-state index in [4.69, 9.17) is 4.84 Å². The van der Waals surface area contributed by atoms with Crippen LogP contribution in [0.15, 0.2) is 57.5 Å². The number of rotatable bonds is 5. The maximum Gasteiger partial charge on any atom is 0.352 e. The fraction of sp³-hybridized carbons (Fsp3) is 0.333. The van der Waals surface area contributed by atoms with Crippen LogP contribution < -0.4 is 11.4 Å². The van der Waals surface area contributed by atoms with E-state index in [1.807, 2.05) is 44.2 Å². The highest BCUT2D eigenvalue weighted by Gasteiger charge is 2.28. The molecule has 140 valence electrons. The number of aromatic nitrogens is 5. The average Bonchev–Trinajstić information content (AvgIpc) is 3.31. The number of hydrogen-bond donors (Lipinski definition) is 1. The molecule has 2 aromatic heterocycles. The molecule has 2 unspecified atom stereocenters. The van der Waals surface area contributed by atoms with Crippen LogP contribution in [0.4, 0.5) is 0 Å². The first-order chi connectivity index (χ1) is 13.0. The van der Waals surface area contributed by atoms with Crippen LogP contribution in [0.5, 0.6) is 0 Å². The molecular formula is C18H20N6O3. The summed E-state index contributed by atoms with van der Waals surface area (Å²) in [7, 11) is 0. The third kappa shape index (κ3) is 3.23. The molecule has 27 heavy (non-hydrogen) atoms. The molecule has 9 nitrogen and oxygen atoms in total. The van der Waals surface area contributed by atoms with Gasteiger partial charge in [-0.2, -0.15) is 5.10 Å². The molecule has 1 aromatic carbocycles. The van der Waals surface area contributed by atoms with Gasteiger partial charge in [-0.05, 0) is 19.4 Å². The second kappa shape index (κ2) is 6.75. The summed E-state index contributed by atoms with van der Waals surface area (Å²) in [6, 6.07) is 9.47. The van der Waals surface area contributed by atoms with Crippen molar-refractivity contribution >= 4 is 5.71 Å². The zero-order chi connectivity index (χ0) is 19.0. The molecule has 0 radical (unpaired) electrons. The van der Waals surface area contributed by atoms with Gasteiger partial charge in [-0.1, -0.05) is 35.5 Å². The molecule has 0 aliphatic carbocycles. The lowest BCUT2D eigenvalue weighted by molar-refractivity contribution is 0.0712. The summed E-state index contributed by atoms with van der Waals surface area (Å²) in [6.45, 7) is 4.72. The highest BCUT2D eigenvalue weighted by Crippen LogP contribution is 2.20. The van der Waals surface area contributed by atoms with E-state index in [9.17, 15) is 9.59 Å². The lowest BCUT2D eigenvalue weighted by atomic mass is 10.00. The van der Waals surface area contributed by atoms with Gasteiger partial charge >= 0.3 is 11.4 Å². The molecule has 3 heterocycles. The van der Waals surface area contributed by atoms with Crippen molar-refractivity contribution in [3.8, 4) is 5.69 Å². The van der Waals surface area contributed by atoms with Gasteiger partial charge in [0, 0.05) is 6.20 Å². The Kier molecular flexibility index (Phi) is 4.27. The molecule has 3 aromatic rings. The maximum absolute atomic E-state index is 12.7. The highest BCUT2D eigenvalue weighted by molar-refractivity contribution is 5.85. The van der Waals surface area contributed by atoms with Crippen molar-refractivity contribution in [1.29, 1.82) is 0 Å². The molecule has 0 fully saturated rings. The smallest absolute Gasteiger partial charge is 0.352 e. The fourth-order valence-corrected chi connectivity index (χ4v) is 3.22. The lowest BCUT2D eigenvalue weighted by Crippen LogP contribution is -2.27. The van der Waals surface area contributed by atoms with E-state index < -0.39 is 11.4 Å². The van der Waals surface area contributed by atoms with Crippen molar-refractivity contribution in [2.45, 2.75) is 33.0 Å². The minimum absolute atomic E-state index is 0.0317. The molecule has 1 aliphatic rings. The fourth-order valence-electron chi connectivity index (χ4n) is 3.22. The number of oxime groups is 1. The third-order valence-corrected chi connectivity index (χ3v) is 4.77. The van der Waals surface area contributed by atoms with Crippen LogP contribution in [0.25, 0.3) is 5.69 Å². The largest absolute Gasteiger partial charge is 0.392 e. The molecule has 0 saturated carbocycles. The average molecular weight is 368 g/mol. The maximum atomic E-state index is 12.7. The Morgan fingerprint density at radius 1 is 1.22 bits per heavy atom. The standard InChI is InChI=1S/C18H20N6O3/c1-12-16(13(2)27-21-12)11-22-10-15(8-19-22)24-17(25)20-23(18(24)26)9-14-6-4-3-5-7-14/h3-8,10,13,16H,9,11H2,1-2H3,(H,20,25). The van der Waals surface area contributed by atoms with Crippen LogP contribution in [0.3, 0.4) is 0 Å². The summed E-state index contributed by atoms with van der Waals surface area (Å²) >= 11 is 0. The zero-order valence-corrected chi connectivity index (χ0v) is 15.1. The summed E-state index contributed by atoms with van der Waals surface area (Å²) in [5.41, 5.74) is 1.33. The number of H-pyrrole nitrogens is 1. The van der Waals surface area contributed by atoms with Crippen molar-refractivity contribution in [1.82, 2.24) is 24.1 Å². The van der Waals surface area contributed by atoms with Crippen molar-refractivity contribution in [2.24, 2.45) is 11.1 Å².